The lowest BCUT2D eigenvalue weighted by molar-refractivity contribution is -0.187. The van der Waals surface area contributed by atoms with Gasteiger partial charge in [0.25, 0.3) is 5.89 Å². The summed E-state index contributed by atoms with van der Waals surface area (Å²) in [5.41, 5.74) is 0.366. The molecule has 0 aliphatic carbocycles. The van der Waals surface area contributed by atoms with Crippen molar-refractivity contribution in [1.82, 2.24) is 15.1 Å². The van der Waals surface area contributed by atoms with E-state index >= 15 is 0 Å². The fraction of sp³-hybridized carbons (Fsp3) is 0.429. The van der Waals surface area contributed by atoms with Gasteiger partial charge in [0.05, 0.1) is 17.4 Å². The number of carboxylic acids is 1. The van der Waals surface area contributed by atoms with E-state index in [2.05, 4.69) is 15.1 Å². The molecule has 1 aliphatic heterocycles. The van der Waals surface area contributed by atoms with E-state index in [4.69, 9.17) is 9.63 Å². The van der Waals surface area contributed by atoms with Crippen LogP contribution in [0.4, 0.5) is 19.0 Å². The first-order valence-corrected chi connectivity index (χ1v) is 7.07. The topological polar surface area (TPSA) is 92.4 Å². The molecule has 1 saturated heterocycles. The van der Waals surface area contributed by atoms with Gasteiger partial charge in [-0.2, -0.15) is 18.2 Å². The Morgan fingerprint density at radius 2 is 2.17 bits per heavy atom. The first kappa shape index (κ1) is 16.2. The molecule has 7 nitrogen and oxygen atoms in total. The highest BCUT2D eigenvalue weighted by Crippen LogP contribution is 2.40. The Bertz CT molecular complexity index is 762. The summed E-state index contributed by atoms with van der Waals surface area (Å²) in [6.07, 6.45) is -3.19. The van der Waals surface area contributed by atoms with Crippen molar-refractivity contribution in [3.8, 4) is 11.5 Å². The standard InChI is InChI=1S/C14H13F3N4O3/c1-7-19-12(24-20-7)8-3-2-4-18-11(8)21-5-9(13(22)23)10(6-21)14(15,16)17/h2-4,9-10H,5-6H2,1H3,(H,22,23)/t9-,10-/m1/s1. The third-order valence-electron chi connectivity index (χ3n) is 3.90. The number of aliphatic carboxylic acids is 1. The second-order valence-electron chi connectivity index (χ2n) is 5.52. The summed E-state index contributed by atoms with van der Waals surface area (Å²) in [7, 11) is 0. The van der Waals surface area contributed by atoms with E-state index in [0.717, 1.165) is 0 Å². The van der Waals surface area contributed by atoms with Crippen molar-refractivity contribution in [2.24, 2.45) is 11.8 Å². The number of anilines is 1. The maximum atomic E-state index is 13.1. The third-order valence-corrected chi connectivity index (χ3v) is 3.90. The fourth-order valence-corrected chi connectivity index (χ4v) is 2.78. The Hall–Kier alpha value is -2.65. The number of nitrogens with zero attached hydrogens (tertiary/aromatic N) is 4. The number of carbonyl (C=O) groups is 1. The minimum absolute atomic E-state index is 0.123. The molecule has 2 atom stereocenters. The SMILES string of the molecule is Cc1noc(-c2cccnc2N2C[C@@H](C(F)(F)F)[C@H](C(=O)O)C2)n1. The predicted octanol–water partition coefficient (Wildman–Crippen LogP) is 2.14. The van der Waals surface area contributed by atoms with Gasteiger partial charge in [0.15, 0.2) is 5.82 Å². The zero-order chi connectivity index (χ0) is 17.5. The molecule has 1 N–H and O–H groups in total. The van der Waals surface area contributed by atoms with E-state index in [-0.39, 0.29) is 18.3 Å². The van der Waals surface area contributed by atoms with Crippen LogP contribution in [0.15, 0.2) is 22.9 Å². The Labute approximate surface area is 134 Å². The van der Waals surface area contributed by atoms with Gasteiger partial charge in [0.2, 0.25) is 0 Å². The highest BCUT2D eigenvalue weighted by atomic mass is 19.4. The van der Waals surface area contributed by atoms with E-state index in [1.54, 1.807) is 19.1 Å². The number of hydrogen-bond donors (Lipinski definition) is 1. The average molecular weight is 342 g/mol. The summed E-state index contributed by atoms with van der Waals surface area (Å²) < 4.78 is 44.5. The highest BCUT2D eigenvalue weighted by molar-refractivity contribution is 5.75. The van der Waals surface area contributed by atoms with Gasteiger partial charge < -0.3 is 14.5 Å². The average Bonchev–Trinajstić information content (AvgIpc) is 3.13. The largest absolute Gasteiger partial charge is 0.481 e. The maximum Gasteiger partial charge on any atom is 0.394 e. The summed E-state index contributed by atoms with van der Waals surface area (Å²) in [5.74, 6) is -4.31. The van der Waals surface area contributed by atoms with Gasteiger partial charge in [-0.05, 0) is 19.1 Å². The number of pyridine rings is 1. The molecular formula is C14H13F3N4O3. The van der Waals surface area contributed by atoms with E-state index < -0.39 is 30.5 Å². The van der Waals surface area contributed by atoms with Crippen molar-refractivity contribution in [2.75, 3.05) is 18.0 Å². The quantitative estimate of drug-likeness (QED) is 0.913. The van der Waals surface area contributed by atoms with Crippen LogP contribution in [0.2, 0.25) is 0 Å². The van der Waals surface area contributed by atoms with E-state index in [9.17, 15) is 18.0 Å². The number of rotatable bonds is 3. The molecule has 3 rings (SSSR count). The van der Waals surface area contributed by atoms with Crippen LogP contribution in [-0.4, -0.2) is 45.5 Å². The number of alkyl halides is 3. The zero-order valence-corrected chi connectivity index (χ0v) is 12.5. The van der Waals surface area contributed by atoms with Crippen LogP contribution in [0.5, 0.6) is 0 Å². The second kappa shape index (κ2) is 5.77. The molecule has 0 spiro atoms. The maximum absolute atomic E-state index is 13.1. The van der Waals surface area contributed by atoms with Crippen molar-refractivity contribution < 1.29 is 27.6 Å². The zero-order valence-electron chi connectivity index (χ0n) is 12.5. The predicted molar refractivity (Wildman–Crippen MR) is 75.1 cm³/mol. The molecule has 0 amide bonds. The molecule has 0 saturated carbocycles. The molecule has 1 aliphatic rings. The van der Waals surface area contributed by atoms with Crippen LogP contribution in [0, 0.1) is 18.8 Å². The third kappa shape index (κ3) is 2.91. The number of carboxylic acid groups (broad SMARTS) is 1. The first-order valence-electron chi connectivity index (χ1n) is 7.07. The van der Waals surface area contributed by atoms with Gasteiger partial charge in [-0.25, -0.2) is 4.98 Å². The molecule has 0 aromatic carbocycles. The summed E-state index contributed by atoms with van der Waals surface area (Å²) in [6.45, 7) is 0.827. The van der Waals surface area contributed by atoms with Gasteiger partial charge in [-0.1, -0.05) is 5.16 Å². The number of halogens is 3. The van der Waals surface area contributed by atoms with Gasteiger partial charge in [0, 0.05) is 19.3 Å². The van der Waals surface area contributed by atoms with Gasteiger partial charge in [-0.3, -0.25) is 4.79 Å². The minimum atomic E-state index is -4.60. The number of aromatic nitrogens is 3. The van der Waals surface area contributed by atoms with Crippen molar-refractivity contribution >= 4 is 11.8 Å². The molecule has 2 aromatic heterocycles. The highest BCUT2D eigenvalue weighted by Gasteiger charge is 2.53. The molecule has 0 radical (unpaired) electrons. The molecule has 0 unspecified atom stereocenters. The molecule has 24 heavy (non-hydrogen) atoms. The molecule has 128 valence electrons. The van der Waals surface area contributed by atoms with Crippen LogP contribution >= 0.6 is 0 Å². The summed E-state index contributed by atoms with van der Waals surface area (Å²) in [6, 6.07) is 3.18. The molecule has 2 aromatic rings. The first-order chi connectivity index (χ1) is 11.3. The Morgan fingerprint density at radius 1 is 1.42 bits per heavy atom. The minimum Gasteiger partial charge on any atom is -0.481 e. The molecule has 10 heteroatoms. The molecule has 1 fully saturated rings. The summed E-state index contributed by atoms with van der Waals surface area (Å²) in [4.78, 5) is 20.6. The van der Waals surface area contributed by atoms with Crippen LogP contribution in [-0.2, 0) is 4.79 Å². The Balaban J connectivity index is 1.97. The van der Waals surface area contributed by atoms with Crippen LogP contribution < -0.4 is 4.90 Å². The Kier molecular flexibility index (Phi) is 3.90. The lowest BCUT2D eigenvalue weighted by Gasteiger charge is -2.20. The lowest BCUT2D eigenvalue weighted by atomic mass is 9.96. The van der Waals surface area contributed by atoms with Crippen LogP contribution in [0.3, 0.4) is 0 Å². The van der Waals surface area contributed by atoms with Crippen molar-refractivity contribution in [2.45, 2.75) is 13.1 Å². The summed E-state index contributed by atoms with van der Waals surface area (Å²) >= 11 is 0. The number of hydrogen-bond acceptors (Lipinski definition) is 6. The second-order valence-corrected chi connectivity index (χ2v) is 5.52. The van der Waals surface area contributed by atoms with Crippen molar-refractivity contribution in [3.05, 3.63) is 24.2 Å². The van der Waals surface area contributed by atoms with E-state index in [1.807, 2.05) is 0 Å². The van der Waals surface area contributed by atoms with Gasteiger partial charge in [-0.15, -0.1) is 0 Å². The van der Waals surface area contributed by atoms with Crippen LogP contribution in [0.25, 0.3) is 11.5 Å². The molecule has 0 bridgehead atoms. The molecular weight excluding hydrogens is 329 g/mol. The van der Waals surface area contributed by atoms with Crippen LogP contribution in [0.1, 0.15) is 5.82 Å². The van der Waals surface area contributed by atoms with Gasteiger partial charge in [0.1, 0.15) is 5.82 Å². The monoisotopic (exact) mass is 342 g/mol. The number of aryl methyl sites for hydroxylation is 1. The Morgan fingerprint density at radius 3 is 2.71 bits per heavy atom. The van der Waals surface area contributed by atoms with E-state index in [1.165, 1.54) is 11.1 Å². The smallest absolute Gasteiger partial charge is 0.394 e. The van der Waals surface area contributed by atoms with E-state index in [0.29, 0.717) is 11.4 Å². The molecule has 3 heterocycles. The fourth-order valence-electron chi connectivity index (χ4n) is 2.78. The summed E-state index contributed by atoms with van der Waals surface area (Å²) in [5, 5.41) is 12.8. The normalized spacial score (nSPS) is 21.2. The van der Waals surface area contributed by atoms with Crippen molar-refractivity contribution in [3.63, 3.8) is 0 Å². The van der Waals surface area contributed by atoms with Gasteiger partial charge >= 0.3 is 12.1 Å². The van der Waals surface area contributed by atoms with Crippen molar-refractivity contribution in [1.29, 1.82) is 0 Å². The lowest BCUT2D eigenvalue weighted by Crippen LogP contribution is -2.33.